The first-order valence-electron chi connectivity index (χ1n) is 6.69. The maximum absolute atomic E-state index is 13.2. The van der Waals surface area contributed by atoms with Crippen LogP contribution in [0.3, 0.4) is 0 Å². The van der Waals surface area contributed by atoms with Crippen molar-refractivity contribution < 1.29 is 4.39 Å². The van der Waals surface area contributed by atoms with Crippen LogP contribution in [-0.4, -0.2) is 0 Å². The number of benzene rings is 2. The molecule has 19 heavy (non-hydrogen) atoms. The zero-order chi connectivity index (χ0) is 13.8. The maximum atomic E-state index is 13.2. The molecule has 1 unspecified atom stereocenters. The van der Waals surface area contributed by atoms with Gasteiger partial charge in [0.15, 0.2) is 0 Å². The molecule has 0 aliphatic heterocycles. The van der Waals surface area contributed by atoms with Crippen molar-refractivity contribution >= 4 is 0 Å². The smallest absolute Gasteiger partial charge is 0.126 e. The molecule has 0 fully saturated rings. The summed E-state index contributed by atoms with van der Waals surface area (Å²) in [5, 5.41) is 0. The minimum Gasteiger partial charge on any atom is -0.324 e. The minimum atomic E-state index is -0.178. The molecule has 0 saturated carbocycles. The summed E-state index contributed by atoms with van der Waals surface area (Å²) in [5.74, 6) is -0.178. The Balaban J connectivity index is 2.10. The Labute approximate surface area is 114 Å². The third-order valence-electron chi connectivity index (χ3n) is 3.50. The first-order chi connectivity index (χ1) is 9.10. The quantitative estimate of drug-likeness (QED) is 0.882. The molecule has 0 heterocycles. The van der Waals surface area contributed by atoms with E-state index in [1.54, 1.807) is 13.0 Å². The van der Waals surface area contributed by atoms with Gasteiger partial charge in [0.25, 0.3) is 0 Å². The predicted octanol–water partition coefficient (Wildman–Crippen LogP) is 3.94. The lowest BCUT2D eigenvalue weighted by Gasteiger charge is -2.13. The summed E-state index contributed by atoms with van der Waals surface area (Å²) in [5.41, 5.74) is 10.4. The normalized spacial score (nSPS) is 12.4. The molecule has 0 radical (unpaired) electrons. The highest BCUT2D eigenvalue weighted by Crippen LogP contribution is 2.19. The van der Waals surface area contributed by atoms with Crippen molar-refractivity contribution in [1.82, 2.24) is 0 Å². The molecule has 1 atom stereocenters. The van der Waals surface area contributed by atoms with Gasteiger partial charge in [0.05, 0.1) is 0 Å². The fourth-order valence-electron chi connectivity index (χ4n) is 2.18. The van der Waals surface area contributed by atoms with Crippen molar-refractivity contribution in [2.75, 3.05) is 0 Å². The molecule has 2 N–H and O–H groups in total. The molecule has 0 amide bonds. The van der Waals surface area contributed by atoms with E-state index in [1.807, 2.05) is 6.07 Å². The SMILES string of the molecule is CCc1ccc(CC(N)c2ccc(F)c(C)c2)cc1. The second-order valence-electron chi connectivity index (χ2n) is 4.99. The molecule has 0 spiro atoms. The second-order valence-corrected chi connectivity index (χ2v) is 4.99. The molecule has 2 rings (SSSR count). The van der Waals surface area contributed by atoms with Crippen LogP contribution in [0, 0.1) is 12.7 Å². The molecule has 0 bridgehead atoms. The summed E-state index contributed by atoms with van der Waals surface area (Å²) >= 11 is 0. The van der Waals surface area contributed by atoms with Crippen LogP contribution in [-0.2, 0) is 12.8 Å². The Morgan fingerprint density at radius 3 is 2.26 bits per heavy atom. The summed E-state index contributed by atoms with van der Waals surface area (Å²) in [6.07, 6.45) is 1.82. The molecule has 0 aromatic heterocycles. The number of halogens is 1. The van der Waals surface area contributed by atoms with Crippen molar-refractivity contribution in [2.45, 2.75) is 32.7 Å². The molecule has 2 heteroatoms. The van der Waals surface area contributed by atoms with E-state index in [1.165, 1.54) is 17.2 Å². The highest BCUT2D eigenvalue weighted by molar-refractivity contribution is 5.29. The van der Waals surface area contributed by atoms with E-state index >= 15 is 0 Å². The molecular formula is C17H20FN. The molecule has 1 nitrogen and oxygen atoms in total. The first-order valence-corrected chi connectivity index (χ1v) is 6.69. The van der Waals surface area contributed by atoms with Crippen LogP contribution < -0.4 is 5.73 Å². The second kappa shape index (κ2) is 5.98. The van der Waals surface area contributed by atoms with Crippen LogP contribution in [0.15, 0.2) is 42.5 Å². The van der Waals surface area contributed by atoms with Gasteiger partial charge in [-0.1, -0.05) is 43.3 Å². The van der Waals surface area contributed by atoms with Crippen molar-refractivity contribution in [3.8, 4) is 0 Å². The minimum absolute atomic E-state index is 0.0909. The van der Waals surface area contributed by atoms with E-state index in [9.17, 15) is 4.39 Å². The Hall–Kier alpha value is -1.67. The largest absolute Gasteiger partial charge is 0.324 e. The zero-order valence-electron chi connectivity index (χ0n) is 11.5. The average Bonchev–Trinajstić information content (AvgIpc) is 2.42. The Morgan fingerprint density at radius 2 is 1.68 bits per heavy atom. The van der Waals surface area contributed by atoms with E-state index in [0.717, 1.165) is 18.4 Å². The van der Waals surface area contributed by atoms with Crippen LogP contribution >= 0.6 is 0 Å². The fourth-order valence-corrected chi connectivity index (χ4v) is 2.18. The Bertz CT molecular complexity index is 546. The maximum Gasteiger partial charge on any atom is 0.126 e. The third kappa shape index (κ3) is 3.42. The van der Waals surface area contributed by atoms with Crippen molar-refractivity contribution in [2.24, 2.45) is 5.73 Å². The van der Waals surface area contributed by atoms with Gasteiger partial charge in [0.1, 0.15) is 5.82 Å². The van der Waals surface area contributed by atoms with E-state index < -0.39 is 0 Å². The molecule has 2 aromatic rings. The van der Waals surface area contributed by atoms with Gasteiger partial charge in [-0.25, -0.2) is 4.39 Å². The van der Waals surface area contributed by atoms with E-state index in [-0.39, 0.29) is 11.9 Å². The van der Waals surface area contributed by atoms with Crippen molar-refractivity contribution in [3.63, 3.8) is 0 Å². The Morgan fingerprint density at radius 1 is 1.05 bits per heavy atom. The third-order valence-corrected chi connectivity index (χ3v) is 3.50. The van der Waals surface area contributed by atoms with Crippen molar-refractivity contribution in [1.29, 1.82) is 0 Å². The van der Waals surface area contributed by atoms with Gasteiger partial charge < -0.3 is 5.73 Å². The molecule has 100 valence electrons. The summed E-state index contributed by atoms with van der Waals surface area (Å²) in [7, 11) is 0. The van der Waals surface area contributed by atoms with Crippen LogP contribution in [0.25, 0.3) is 0 Å². The number of aryl methyl sites for hydroxylation is 2. The van der Waals surface area contributed by atoms with E-state index in [4.69, 9.17) is 5.73 Å². The predicted molar refractivity (Wildman–Crippen MR) is 77.6 cm³/mol. The van der Waals surface area contributed by atoms with E-state index in [2.05, 4.69) is 31.2 Å². The summed E-state index contributed by atoms with van der Waals surface area (Å²) in [6, 6.07) is 13.5. The van der Waals surface area contributed by atoms with Gasteiger partial charge in [-0.15, -0.1) is 0 Å². The van der Waals surface area contributed by atoms with Gasteiger partial charge in [-0.05, 0) is 48.1 Å². The van der Waals surface area contributed by atoms with Gasteiger partial charge in [-0.2, -0.15) is 0 Å². The number of rotatable bonds is 4. The summed E-state index contributed by atoms with van der Waals surface area (Å²) in [6.45, 7) is 3.91. The van der Waals surface area contributed by atoms with Crippen LogP contribution in [0.5, 0.6) is 0 Å². The van der Waals surface area contributed by atoms with Crippen LogP contribution in [0.4, 0.5) is 4.39 Å². The fraction of sp³-hybridized carbons (Fsp3) is 0.294. The van der Waals surface area contributed by atoms with Crippen molar-refractivity contribution in [3.05, 3.63) is 70.5 Å². The molecular weight excluding hydrogens is 237 g/mol. The van der Waals surface area contributed by atoms with Gasteiger partial charge >= 0.3 is 0 Å². The highest BCUT2D eigenvalue weighted by Gasteiger charge is 2.09. The van der Waals surface area contributed by atoms with Gasteiger partial charge in [0, 0.05) is 6.04 Å². The molecule has 2 aromatic carbocycles. The topological polar surface area (TPSA) is 26.0 Å². The molecule has 0 saturated heterocycles. The highest BCUT2D eigenvalue weighted by atomic mass is 19.1. The summed E-state index contributed by atoms with van der Waals surface area (Å²) < 4.78 is 13.2. The lowest BCUT2D eigenvalue weighted by atomic mass is 9.97. The van der Waals surface area contributed by atoms with E-state index in [0.29, 0.717) is 5.56 Å². The number of nitrogens with two attached hydrogens (primary N) is 1. The van der Waals surface area contributed by atoms with Crippen LogP contribution in [0.2, 0.25) is 0 Å². The average molecular weight is 257 g/mol. The monoisotopic (exact) mass is 257 g/mol. The Kier molecular flexibility index (Phi) is 4.33. The molecule has 0 aliphatic carbocycles. The lowest BCUT2D eigenvalue weighted by Crippen LogP contribution is -2.13. The first kappa shape index (κ1) is 13.8. The lowest BCUT2D eigenvalue weighted by molar-refractivity contribution is 0.615. The number of hydrogen-bond donors (Lipinski definition) is 1. The summed E-state index contributed by atoms with van der Waals surface area (Å²) in [4.78, 5) is 0. The van der Waals surface area contributed by atoms with Crippen LogP contribution in [0.1, 0.15) is 35.2 Å². The van der Waals surface area contributed by atoms with Gasteiger partial charge in [0.2, 0.25) is 0 Å². The van der Waals surface area contributed by atoms with Gasteiger partial charge in [-0.3, -0.25) is 0 Å². The zero-order valence-corrected chi connectivity index (χ0v) is 11.5. The number of hydrogen-bond acceptors (Lipinski definition) is 1. The standard InChI is InChI=1S/C17H20FN/c1-3-13-4-6-14(7-5-13)11-17(19)15-8-9-16(18)12(2)10-15/h4-10,17H,3,11,19H2,1-2H3. The molecule has 0 aliphatic rings.